The zero-order valence-corrected chi connectivity index (χ0v) is 18.0. The fourth-order valence-corrected chi connectivity index (χ4v) is 3.71. The summed E-state index contributed by atoms with van der Waals surface area (Å²) in [5.41, 5.74) is 2.59. The lowest BCUT2D eigenvalue weighted by molar-refractivity contribution is -0.116. The molecule has 0 unspecified atom stereocenters. The first-order chi connectivity index (χ1) is 15.0. The minimum Gasteiger partial charge on any atom is -0.330 e. The Hall–Kier alpha value is -3.78. The van der Waals surface area contributed by atoms with Crippen molar-refractivity contribution in [2.75, 3.05) is 18.9 Å². The molecule has 31 heavy (non-hydrogen) atoms. The van der Waals surface area contributed by atoms with Gasteiger partial charge in [-0.25, -0.2) is 9.67 Å². The van der Waals surface area contributed by atoms with Crippen molar-refractivity contribution in [2.24, 2.45) is 0 Å². The number of carbonyl (C=O) groups is 2. The van der Waals surface area contributed by atoms with Crippen molar-refractivity contribution in [3.8, 4) is 16.4 Å². The third-order valence-corrected chi connectivity index (χ3v) is 5.47. The molecule has 2 aromatic heterocycles. The molecule has 2 heterocycles. The normalized spacial score (nSPS) is 10.6. The van der Waals surface area contributed by atoms with Crippen LogP contribution in [-0.2, 0) is 4.79 Å². The van der Waals surface area contributed by atoms with Crippen LogP contribution in [0, 0.1) is 6.92 Å². The van der Waals surface area contributed by atoms with E-state index in [2.05, 4.69) is 15.4 Å². The first-order valence-corrected chi connectivity index (χ1v) is 10.6. The van der Waals surface area contributed by atoms with Crippen LogP contribution in [0.15, 0.2) is 72.1 Å². The number of hydrogen-bond acceptors (Lipinski definition) is 5. The smallest absolute Gasteiger partial charge is 0.293 e. The van der Waals surface area contributed by atoms with Crippen LogP contribution >= 0.6 is 11.3 Å². The fraction of sp³-hybridized carbons (Fsp3) is 0.130. The summed E-state index contributed by atoms with van der Waals surface area (Å²) in [5, 5.41) is 9.19. The summed E-state index contributed by atoms with van der Waals surface area (Å²) in [6, 6.07) is 20.9. The molecule has 4 rings (SSSR count). The van der Waals surface area contributed by atoms with E-state index in [9.17, 15) is 9.59 Å². The fourth-order valence-electron chi connectivity index (χ4n) is 3.01. The molecule has 2 amide bonds. The van der Waals surface area contributed by atoms with Crippen LogP contribution in [-0.4, -0.2) is 45.1 Å². The Kier molecular flexibility index (Phi) is 5.90. The lowest BCUT2D eigenvalue weighted by atomic mass is 10.2. The summed E-state index contributed by atoms with van der Waals surface area (Å²) in [5.74, 6) is -0.0906. The molecule has 0 aliphatic carbocycles. The Bertz CT molecular complexity index is 1180. The second-order valence-electron chi connectivity index (χ2n) is 7.06. The first kappa shape index (κ1) is 20.5. The molecule has 156 valence electrons. The van der Waals surface area contributed by atoms with Crippen LogP contribution in [0.5, 0.6) is 0 Å². The summed E-state index contributed by atoms with van der Waals surface area (Å²) in [4.78, 5) is 32.0. The number of benzene rings is 2. The molecule has 0 spiro atoms. The maximum absolute atomic E-state index is 13.0. The van der Waals surface area contributed by atoms with Crippen LogP contribution in [0.1, 0.15) is 16.2 Å². The van der Waals surface area contributed by atoms with Gasteiger partial charge in [-0.1, -0.05) is 42.0 Å². The highest BCUT2D eigenvalue weighted by Crippen LogP contribution is 2.25. The van der Waals surface area contributed by atoms with Crippen LogP contribution in [0.3, 0.4) is 0 Å². The lowest BCUT2D eigenvalue weighted by Crippen LogP contribution is -2.35. The van der Waals surface area contributed by atoms with E-state index in [1.165, 1.54) is 16.2 Å². The number of nitrogens with one attached hydrogen (secondary N) is 1. The van der Waals surface area contributed by atoms with Gasteiger partial charge in [-0.15, -0.1) is 16.4 Å². The van der Waals surface area contributed by atoms with Gasteiger partial charge in [-0.2, -0.15) is 0 Å². The Morgan fingerprint density at radius 1 is 1.03 bits per heavy atom. The number of nitrogens with zero attached hydrogens (tertiary/aromatic N) is 4. The minimum absolute atomic E-state index is 0.0397. The van der Waals surface area contributed by atoms with Crippen molar-refractivity contribution in [2.45, 2.75) is 6.92 Å². The van der Waals surface area contributed by atoms with Crippen molar-refractivity contribution in [3.05, 3.63) is 83.5 Å². The van der Waals surface area contributed by atoms with Gasteiger partial charge in [0.15, 0.2) is 5.82 Å². The number of anilines is 1. The van der Waals surface area contributed by atoms with Crippen molar-refractivity contribution < 1.29 is 9.59 Å². The van der Waals surface area contributed by atoms with Crippen molar-refractivity contribution >= 4 is 28.8 Å². The number of para-hydroxylation sites is 1. The van der Waals surface area contributed by atoms with Gasteiger partial charge < -0.3 is 10.2 Å². The number of amides is 2. The number of likely N-dealkylation sites (N-methyl/N-ethyl adjacent to an activating group) is 1. The Morgan fingerprint density at radius 3 is 2.45 bits per heavy atom. The summed E-state index contributed by atoms with van der Waals surface area (Å²) in [6.45, 7) is 1.87. The zero-order valence-electron chi connectivity index (χ0n) is 17.1. The number of aryl methyl sites for hydroxylation is 1. The Labute approximate surface area is 184 Å². The van der Waals surface area contributed by atoms with Crippen LogP contribution < -0.4 is 5.32 Å². The number of rotatable bonds is 6. The SMILES string of the molecule is Cc1ccc(NC(=O)CN(C)C(=O)c2nc(-c3cccs3)n(-c3ccccc3)n2)cc1. The average Bonchev–Trinajstić information content (AvgIpc) is 3.45. The first-order valence-electron chi connectivity index (χ1n) is 9.69. The molecule has 1 N–H and O–H groups in total. The van der Waals surface area contributed by atoms with Gasteiger partial charge in [0.1, 0.15) is 0 Å². The highest BCUT2D eigenvalue weighted by atomic mass is 32.1. The molecular formula is C23H21N5O2S. The van der Waals surface area contributed by atoms with Gasteiger partial charge in [-0.3, -0.25) is 9.59 Å². The van der Waals surface area contributed by atoms with E-state index in [4.69, 9.17) is 0 Å². The molecular weight excluding hydrogens is 410 g/mol. The highest BCUT2D eigenvalue weighted by molar-refractivity contribution is 7.13. The van der Waals surface area contributed by atoms with E-state index in [1.54, 1.807) is 11.7 Å². The third-order valence-electron chi connectivity index (χ3n) is 4.60. The Morgan fingerprint density at radius 2 is 1.77 bits per heavy atom. The monoisotopic (exact) mass is 431 g/mol. The second kappa shape index (κ2) is 8.93. The maximum atomic E-state index is 13.0. The summed E-state index contributed by atoms with van der Waals surface area (Å²) in [6.07, 6.45) is 0. The number of carbonyl (C=O) groups excluding carboxylic acids is 2. The molecule has 4 aromatic rings. The summed E-state index contributed by atoms with van der Waals surface area (Å²) in [7, 11) is 1.56. The molecule has 0 saturated carbocycles. The minimum atomic E-state index is -0.424. The molecule has 7 nitrogen and oxygen atoms in total. The van der Waals surface area contributed by atoms with Gasteiger partial charge >= 0.3 is 0 Å². The standard InChI is InChI=1S/C23H21N5O2S/c1-16-10-12-17(13-11-16)24-20(29)15-27(2)23(30)21-25-22(19-9-6-14-31-19)28(26-21)18-7-4-3-5-8-18/h3-14H,15H2,1-2H3,(H,24,29). The number of hydrogen-bond donors (Lipinski definition) is 1. The zero-order chi connectivity index (χ0) is 21.8. The number of aromatic nitrogens is 3. The molecule has 0 bridgehead atoms. The second-order valence-corrected chi connectivity index (χ2v) is 8.01. The van der Waals surface area contributed by atoms with E-state index in [0.717, 1.165) is 16.1 Å². The predicted octanol–water partition coefficient (Wildman–Crippen LogP) is 4.01. The quantitative estimate of drug-likeness (QED) is 0.500. The molecule has 0 fully saturated rings. The average molecular weight is 432 g/mol. The van der Waals surface area contributed by atoms with Crippen molar-refractivity contribution in [3.63, 3.8) is 0 Å². The van der Waals surface area contributed by atoms with E-state index < -0.39 is 5.91 Å². The van der Waals surface area contributed by atoms with Gasteiger partial charge in [0.2, 0.25) is 11.7 Å². The van der Waals surface area contributed by atoms with Crippen LogP contribution in [0.2, 0.25) is 0 Å². The molecule has 8 heteroatoms. The van der Waals surface area contributed by atoms with Gasteiger partial charge in [0, 0.05) is 12.7 Å². The lowest BCUT2D eigenvalue weighted by Gasteiger charge is -2.15. The molecule has 2 aromatic carbocycles. The van der Waals surface area contributed by atoms with Crippen LogP contribution in [0.4, 0.5) is 5.69 Å². The van der Waals surface area contributed by atoms with E-state index in [1.807, 2.05) is 79.0 Å². The highest BCUT2D eigenvalue weighted by Gasteiger charge is 2.23. The molecule has 0 saturated heterocycles. The Balaban J connectivity index is 1.54. The van der Waals surface area contributed by atoms with Crippen molar-refractivity contribution in [1.29, 1.82) is 0 Å². The third kappa shape index (κ3) is 4.70. The molecule has 0 aliphatic rings. The molecule has 0 atom stereocenters. The van der Waals surface area contributed by atoms with E-state index in [0.29, 0.717) is 11.5 Å². The largest absolute Gasteiger partial charge is 0.330 e. The molecule has 0 aliphatic heterocycles. The van der Waals surface area contributed by atoms with Gasteiger partial charge in [0.25, 0.3) is 5.91 Å². The maximum Gasteiger partial charge on any atom is 0.293 e. The van der Waals surface area contributed by atoms with Crippen molar-refractivity contribution in [1.82, 2.24) is 19.7 Å². The van der Waals surface area contributed by atoms with E-state index >= 15 is 0 Å². The van der Waals surface area contributed by atoms with Gasteiger partial charge in [0.05, 0.1) is 17.1 Å². The molecule has 0 radical (unpaired) electrons. The van der Waals surface area contributed by atoms with E-state index in [-0.39, 0.29) is 18.3 Å². The van der Waals surface area contributed by atoms with Gasteiger partial charge in [-0.05, 0) is 42.6 Å². The topological polar surface area (TPSA) is 80.1 Å². The summed E-state index contributed by atoms with van der Waals surface area (Å²) >= 11 is 1.52. The van der Waals surface area contributed by atoms with Crippen LogP contribution in [0.25, 0.3) is 16.4 Å². The number of thiophene rings is 1. The summed E-state index contributed by atoms with van der Waals surface area (Å²) < 4.78 is 1.65. The predicted molar refractivity (Wildman–Crippen MR) is 121 cm³/mol.